The molecule has 0 unspecified atom stereocenters. The van der Waals surface area contributed by atoms with E-state index in [9.17, 15) is 4.79 Å². The van der Waals surface area contributed by atoms with Crippen LogP contribution < -0.4 is 16.2 Å². The number of urea groups is 1. The van der Waals surface area contributed by atoms with E-state index in [1.54, 1.807) is 6.20 Å². The first kappa shape index (κ1) is 9.24. The fraction of sp³-hybridized carbons (Fsp3) is 0.286. The molecule has 0 spiro atoms. The van der Waals surface area contributed by atoms with E-state index in [4.69, 9.17) is 0 Å². The lowest BCUT2D eigenvalue weighted by Gasteiger charge is -2.05. The zero-order valence-corrected chi connectivity index (χ0v) is 7.46. The van der Waals surface area contributed by atoms with Gasteiger partial charge in [0.1, 0.15) is 0 Å². The van der Waals surface area contributed by atoms with Crippen LogP contribution in [0.5, 0.6) is 0 Å². The normalized spacial score (nSPS) is 9.08. The number of nitrogens with zero attached hydrogens (tertiary/aromatic N) is 2. The van der Waals surface area contributed by atoms with Crippen LogP contribution in [-0.4, -0.2) is 23.0 Å². The SMILES string of the molecule is CNC(=O)NNc1cnc(C)cn1. The standard InChI is InChI=1S/C7H11N5O/c1-5-3-10-6(4-9-5)11-12-7(13)8-2/h3-4H,1-2H3,(H,10,11)(H2,8,12,13). The van der Waals surface area contributed by atoms with Gasteiger partial charge in [-0.1, -0.05) is 0 Å². The summed E-state index contributed by atoms with van der Waals surface area (Å²) in [5.41, 5.74) is 5.78. The molecule has 0 aromatic carbocycles. The van der Waals surface area contributed by atoms with Crippen LogP contribution >= 0.6 is 0 Å². The molecule has 2 amide bonds. The topological polar surface area (TPSA) is 78.9 Å². The Balaban J connectivity index is 2.46. The van der Waals surface area contributed by atoms with E-state index in [1.807, 2.05) is 6.92 Å². The van der Waals surface area contributed by atoms with E-state index in [0.717, 1.165) is 5.69 Å². The zero-order valence-electron chi connectivity index (χ0n) is 7.46. The molecule has 6 heteroatoms. The number of aryl methyl sites for hydroxylation is 1. The minimum atomic E-state index is -0.331. The Bertz CT molecular complexity index is 283. The average molecular weight is 181 g/mol. The lowest BCUT2D eigenvalue weighted by atomic mass is 10.5. The number of aromatic nitrogens is 2. The second kappa shape index (κ2) is 4.24. The maximum atomic E-state index is 10.7. The van der Waals surface area contributed by atoms with Crippen molar-refractivity contribution in [2.45, 2.75) is 6.92 Å². The molecule has 13 heavy (non-hydrogen) atoms. The molecule has 0 bridgehead atoms. The molecular formula is C7H11N5O. The number of carbonyl (C=O) groups excluding carboxylic acids is 1. The summed E-state index contributed by atoms with van der Waals surface area (Å²) in [6, 6.07) is -0.331. The van der Waals surface area contributed by atoms with Crippen molar-refractivity contribution in [1.82, 2.24) is 20.7 Å². The summed E-state index contributed by atoms with van der Waals surface area (Å²) in [4.78, 5) is 18.7. The van der Waals surface area contributed by atoms with E-state index in [2.05, 4.69) is 26.1 Å². The molecule has 0 saturated carbocycles. The first-order chi connectivity index (χ1) is 6.22. The minimum Gasteiger partial charge on any atom is -0.340 e. The molecule has 3 N–H and O–H groups in total. The lowest BCUT2D eigenvalue weighted by molar-refractivity contribution is 0.244. The highest BCUT2D eigenvalue weighted by Gasteiger charge is 1.95. The quantitative estimate of drug-likeness (QED) is 0.563. The number of carbonyl (C=O) groups is 1. The molecule has 70 valence electrons. The van der Waals surface area contributed by atoms with Crippen molar-refractivity contribution < 1.29 is 4.79 Å². The van der Waals surface area contributed by atoms with Crippen LogP contribution in [-0.2, 0) is 0 Å². The molecule has 1 heterocycles. The summed E-state index contributed by atoms with van der Waals surface area (Å²) in [7, 11) is 1.53. The molecule has 0 fully saturated rings. The van der Waals surface area contributed by atoms with Gasteiger partial charge in [-0.05, 0) is 6.92 Å². The zero-order chi connectivity index (χ0) is 9.68. The van der Waals surface area contributed by atoms with Crippen LogP contribution in [0.15, 0.2) is 12.4 Å². The fourth-order valence-electron chi connectivity index (χ4n) is 0.640. The number of anilines is 1. The third-order valence-electron chi connectivity index (χ3n) is 1.31. The minimum absolute atomic E-state index is 0.331. The van der Waals surface area contributed by atoms with Crippen LogP contribution in [0, 0.1) is 6.92 Å². The summed E-state index contributed by atoms with van der Waals surface area (Å²) >= 11 is 0. The molecule has 1 aromatic rings. The second-order valence-corrected chi connectivity index (χ2v) is 2.37. The Morgan fingerprint density at radius 2 is 2.15 bits per heavy atom. The Kier molecular flexibility index (Phi) is 3.02. The van der Waals surface area contributed by atoms with Gasteiger partial charge in [-0.15, -0.1) is 0 Å². The summed E-state index contributed by atoms with van der Waals surface area (Å²) in [5, 5.41) is 2.39. The Labute approximate surface area is 75.7 Å². The molecule has 0 atom stereocenters. The summed E-state index contributed by atoms with van der Waals surface area (Å²) in [6.07, 6.45) is 3.14. The van der Waals surface area contributed by atoms with Crippen LogP contribution in [0.1, 0.15) is 5.69 Å². The van der Waals surface area contributed by atoms with Gasteiger partial charge in [0.2, 0.25) is 0 Å². The van der Waals surface area contributed by atoms with E-state index in [1.165, 1.54) is 13.2 Å². The molecule has 1 aromatic heterocycles. The number of rotatable bonds is 2. The summed E-state index contributed by atoms with van der Waals surface area (Å²) in [6.45, 7) is 1.84. The third kappa shape index (κ3) is 2.94. The van der Waals surface area contributed by atoms with Gasteiger partial charge in [0, 0.05) is 7.05 Å². The first-order valence-corrected chi connectivity index (χ1v) is 3.75. The maximum Gasteiger partial charge on any atom is 0.333 e. The second-order valence-electron chi connectivity index (χ2n) is 2.37. The van der Waals surface area contributed by atoms with E-state index >= 15 is 0 Å². The van der Waals surface area contributed by atoms with Gasteiger partial charge < -0.3 is 5.32 Å². The average Bonchev–Trinajstić information content (AvgIpc) is 2.16. The lowest BCUT2D eigenvalue weighted by Crippen LogP contribution is -2.37. The smallest absolute Gasteiger partial charge is 0.333 e. The molecule has 6 nitrogen and oxygen atoms in total. The Morgan fingerprint density at radius 1 is 1.38 bits per heavy atom. The van der Waals surface area contributed by atoms with Crippen molar-refractivity contribution in [3.63, 3.8) is 0 Å². The number of nitrogens with one attached hydrogen (secondary N) is 3. The van der Waals surface area contributed by atoms with E-state index in [0.29, 0.717) is 5.82 Å². The Morgan fingerprint density at radius 3 is 2.69 bits per heavy atom. The number of hydrazine groups is 1. The highest BCUT2D eigenvalue weighted by Crippen LogP contribution is 1.97. The highest BCUT2D eigenvalue weighted by atomic mass is 16.2. The van der Waals surface area contributed by atoms with Crippen molar-refractivity contribution >= 4 is 11.8 Å². The maximum absolute atomic E-state index is 10.7. The van der Waals surface area contributed by atoms with Crippen molar-refractivity contribution in [1.29, 1.82) is 0 Å². The first-order valence-electron chi connectivity index (χ1n) is 3.75. The Hall–Kier alpha value is -1.85. The van der Waals surface area contributed by atoms with Gasteiger partial charge in [0.05, 0.1) is 18.1 Å². The molecule has 1 rings (SSSR count). The van der Waals surface area contributed by atoms with Crippen molar-refractivity contribution in [3.05, 3.63) is 18.1 Å². The van der Waals surface area contributed by atoms with Gasteiger partial charge in [-0.25, -0.2) is 9.78 Å². The number of hydrogen-bond acceptors (Lipinski definition) is 4. The van der Waals surface area contributed by atoms with Crippen LogP contribution in [0.4, 0.5) is 10.6 Å². The predicted molar refractivity (Wildman–Crippen MR) is 48.0 cm³/mol. The van der Waals surface area contributed by atoms with E-state index < -0.39 is 0 Å². The van der Waals surface area contributed by atoms with E-state index in [-0.39, 0.29) is 6.03 Å². The highest BCUT2D eigenvalue weighted by molar-refractivity contribution is 5.74. The van der Waals surface area contributed by atoms with Crippen LogP contribution in [0.3, 0.4) is 0 Å². The number of hydrogen-bond donors (Lipinski definition) is 3. The van der Waals surface area contributed by atoms with Crippen LogP contribution in [0.2, 0.25) is 0 Å². The predicted octanol–water partition coefficient (Wildman–Crippen LogP) is 0.0409. The fourth-order valence-corrected chi connectivity index (χ4v) is 0.640. The van der Waals surface area contributed by atoms with Crippen molar-refractivity contribution in [3.8, 4) is 0 Å². The largest absolute Gasteiger partial charge is 0.340 e. The van der Waals surface area contributed by atoms with Crippen LogP contribution in [0.25, 0.3) is 0 Å². The monoisotopic (exact) mass is 181 g/mol. The third-order valence-corrected chi connectivity index (χ3v) is 1.31. The molecule has 0 saturated heterocycles. The molecule has 0 aliphatic heterocycles. The van der Waals surface area contributed by atoms with Gasteiger partial charge in [0.15, 0.2) is 5.82 Å². The molecule has 0 aliphatic rings. The van der Waals surface area contributed by atoms with Gasteiger partial charge >= 0.3 is 6.03 Å². The molecule has 0 radical (unpaired) electrons. The number of amides is 2. The van der Waals surface area contributed by atoms with Crippen molar-refractivity contribution in [2.75, 3.05) is 12.5 Å². The van der Waals surface area contributed by atoms with Gasteiger partial charge in [-0.3, -0.25) is 15.8 Å². The summed E-state index contributed by atoms with van der Waals surface area (Å²) in [5.74, 6) is 0.495. The molecular weight excluding hydrogens is 170 g/mol. The van der Waals surface area contributed by atoms with Gasteiger partial charge in [-0.2, -0.15) is 0 Å². The summed E-state index contributed by atoms with van der Waals surface area (Å²) < 4.78 is 0. The van der Waals surface area contributed by atoms with Gasteiger partial charge in [0.25, 0.3) is 0 Å². The van der Waals surface area contributed by atoms with Crippen molar-refractivity contribution in [2.24, 2.45) is 0 Å². The molecule has 0 aliphatic carbocycles.